The smallest absolute Gasteiger partial charge is 0.0986 e. The van der Waals surface area contributed by atoms with Crippen LogP contribution in [-0.2, 0) is 20.3 Å². The van der Waals surface area contributed by atoms with Gasteiger partial charge >= 0.3 is 0 Å². The molecule has 1 aliphatic rings. The van der Waals surface area contributed by atoms with Crippen molar-refractivity contribution in [3.63, 3.8) is 0 Å². The van der Waals surface area contributed by atoms with Crippen molar-refractivity contribution >= 4 is 10.8 Å². The summed E-state index contributed by atoms with van der Waals surface area (Å²) in [7, 11) is 1.04. The second-order valence-corrected chi connectivity index (χ2v) is 5.79. The van der Waals surface area contributed by atoms with Crippen LogP contribution >= 0.6 is 0 Å². The molecule has 5 heteroatoms. The molecule has 1 saturated carbocycles. The Bertz CT molecular complexity index is 225. The SMILES string of the molecule is CCOC1CC(NCCS(=O)CC)C1OC. The van der Waals surface area contributed by atoms with Crippen LogP contribution in [-0.4, -0.2) is 54.2 Å². The van der Waals surface area contributed by atoms with E-state index in [-0.39, 0.29) is 12.2 Å². The maximum Gasteiger partial charge on any atom is 0.0986 e. The number of ether oxygens (including phenoxy) is 2. The maximum absolute atomic E-state index is 11.2. The molecular weight excluding hydrogens is 226 g/mol. The molecule has 0 amide bonds. The molecule has 1 aliphatic carbocycles. The first kappa shape index (κ1) is 14.1. The van der Waals surface area contributed by atoms with Crippen LogP contribution in [0.2, 0.25) is 0 Å². The van der Waals surface area contributed by atoms with E-state index in [1.54, 1.807) is 7.11 Å². The molecule has 1 rings (SSSR count). The van der Waals surface area contributed by atoms with E-state index in [0.717, 1.165) is 31.1 Å². The molecule has 0 heterocycles. The maximum atomic E-state index is 11.2. The predicted octanol–water partition coefficient (Wildman–Crippen LogP) is 0.537. The van der Waals surface area contributed by atoms with E-state index in [1.807, 2.05) is 13.8 Å². The van der Waals surface area contributed by atoms with Gasteiger partial charge in [-0.05, 0) is 13.3 Å². The third kappa shape index (κ3) is 3.80. The molecule has 0 aliphatic heterocycles. The van der Waals surface area contributed by atoms with E-state index < -0.39 is 10.8 Å². The normalized spacial score (nSPS) is 31.1. The second-order valence-electron chi connectivity index (χ2n) is 3.92. The van der Waals surface area contributed by atoms with Gasteiger partial charge in [-0.15, -0.1) is 0 Å². The quantitative estimate of drug-likeness (QED) is 0.682. The van der Waals surface area contributed by atoms with Crippen molar-refractivity contribution < 1.29 is 13.7 Å². The summed E-state index contributed by atoms with van der Waals surface area (Å²) in [4.78, 5) is 0. The van der Waals surface area contributed by atoms with Crippen LogP contribution in [0.4, 0.5) is 0 Å². The average molecular weight is 249 g/mol. The molecule has 0 aromatic heterocycles. The summed E-state index contributed by atoms with van der Waals surface area (Å²) in [6, 6.07) is 0.357. The van der Waals surface area contributed by atoms with Gasteiger partial charge in [0, 0.05) is 48.6 Å². The van der Waals surface area contributed by atoms with Crippen molar-refractivity contribution in [1.82, 2.24) is 5.32 Å². The van der Waals surface area contributed by atoms with Crippen molar-refractivity contribution in [2.24, 2.45) is 0 Å². The molecule has 1 N–H and O–H groups in total. The lowest BCUT2D eigenvalue weighted by Crippen LogP contribution is -2.60. The highest BCUT2D eigenvalue weighted by Gasteiger charge is 2.41. The molecule has 16 heavy (non-hydrogen) atoms. The average Bonchev–Trinajstić information content (AvgIpc) is 2.26. The summed E-state index contributed by atoms with van der Waals surface area (Å²) >= 11 is 0. The molecule has 1 fully saturated rings. The molecule has 96 valence electrons. The summed E-state index contributed by atoms with van der Waals surface area (Å²) in [5.74, 6) is 1.46. The zero-order valence-electron chi connectivity index (χ0n) is 10.4. The summed E-state index contributed by atoms with van der Waals surface area (Å²) in [5.41, 5.74) is 0. The Labute approximate surface area is 101 Å². The monoisotopic (exact) mass is 249 g/mol. The third-order valence-corrected chi connectivity index (χ3v) is 4.26. The van der Waals surface area contributed by atoms with E-state index in [2.05, 4.69) is 5.32 Å². The van der Waals surface area contributed by atoms with Gasteiger partial charge in [0.05, 0.1) is 12.2 Å². The Hall–Kier alpha value is 0.0300. The number of nitrogens with one attached hydrogen (secondary N) is 1. The predicted molar refractivity (Wildman–Crippen MR) is 66.2 cm³/mol. The summed E-state index contributed by atoms with van der Waals surface area (Å²) < 4.78 is 22.2. The third-order valence-electron chi connectivity index (χ3n) is 2.96. The van der Waals surface area contributed by atoms with Gasteiger partial charge in [0.15, 0.2) is 0 Å². The lowest BCUT2D eigenvalue weighted by Gasteiger charge is -2.43. The van der Waals surface area contributed by atoms with Gasteiger partial charge in [-0.1, -0.05) is 6.92 Å². The molecule has 0 aromatic carbocycles. The topological polar surface area (TPSA) is 47.6 Å². The van der Waals surface area contributed by atoms with E-state index >= 15 is 0 Å². The van der Waals surface area contributed by atoms with Crippen LogP contribution in [0.5, 0.6) is 0 Å². The van der Waals surface area contributed by atoms with Crippen LogP contribution in [0, 0.1) is 0 Å². The number of hydrogen-bond donors (Lipinski definition) is 1. The molecule has 4 nitrogen and oxygen atoms in total. The summed E-state index contributed by atoms with van der Waals surface area (Å²) in [6.45, 7) is 5.47. The molecule has 4 unspecified atom stereocenters. The first-order valence-electron chi connectivity index (χ1n) is 5.95. The summed E-state index contributed by atoms with van der Waals surface area (Å²) in [6.07, 6.45) is 1.37. The van der Waals surface area contributed by atoms with Gasteiger partial charge in [0.1, 0.15) is 0 Å². The lowest BCUT2D eigenvalue weighted by molar-refractivity contribution is -0.130. The standard InChI is InChI=1S/C11H23NO3S/c1-4-15-10-8-9(11(10)14-3)12-6-7-16(13)5-2/h9-12H,4-8H2,1-3H3. The number of hydrogen-bond acceptors (Lipinski definition) is 4. The van der Waals surface area contributed by atoms with Gasteiger partial charge in [-0.3, -0.25) is 4.21 Å². The van der Waals surface area contributed by atoms with Crippen molar-refractivity contribution in [1.29, 1.82) is 0 Å². The Morgan fingerprint density at radius 2 is 2.19 bits per heavy atom. The number of rotatable bonds is 8. The van der Waals surface area contributed by atoms with Gasteiger partial charge < -0.3 is 14.8 Å². The van der Waals surface area contributed by atoms with Crippen LogP contribution < -0.4 is 5.32 Å². The van der Waals surface area contributed by atoms with E-state index in [1.165, 1.54) is 0 Å². The molecule has 0 saturated heterocycles. The van der Waals surface area contributed by atoms with Crippen LogP contribution in [0.1, 0.15) is 20.3 Å². The van der Waals surface area contributed by atoms with Crippen LogP contribution in [0.25, 0.3) is 0 Å². The Morgan fingerprint density at radius 1 is 1.44 bits per heavy atom. The first-order valence-corrected chi connectivity index (χ1v) is 7.44. The molecule has 0 aromatic rings. The van der Waals surface area contributed by atoms with E-state index in [9.17, 15) is 4.21 Å². The fourth-order valence-electron chi connectivity index (χ4n) is 1.98. The van der Waals surface area contributed by atoms with Crippen molar-refractivity contribution in [3.8, 4) is 0 Å². The minimum atomic E-state index is -0.681. The highest BCUT2D eigenvalue weighted by molar-refractivity contribution is 7.84. The number of methoxy groups -OCH3 is 1. The molecule has 0 bridgehead atoms. The van der Waals surface area contributed by atoms with Crippen LogP contribution in [0.15, 0.2) is 0 Å². The van der Waals surface area contributed by atoms with E-state index in [4.69, 9.17) is 9.47 Å². The van der Waals surface area contributed by atoms with Crippen molar-refractivity contribution in [3.05, 3.63) is 0 Å². The Kier molecular flexibility index (Phi) is 6.49. The molecule has 0 radical (unpaired) electrons. The zero-order valence-corrected chi connectivity index (χ0v) is 11.2. The minimum Gasteiger partial charge on any atom is -0.377 e. The zero-order chi connectivity index (χ0) is 12.0. The van der Waals surface area contributed by atoms with E-state index in [0.29, 0.717) is 6.04 Å². The fourth-order valence-corrected chi connectivity index (χ4v) is 2.61. The highest BCUT2D eigenvalue weighted by atomic mass is 32.2. The van der Waals surface area contributed by atoms with Gasteiger partial charge in [-0.2, -0.15) is 0 Å². The van der Waals surface area contributed by atoms with Crippen molar-refractivity contribution in [2.75, 3.05) is 31.8 Å². The molecule has 4 atom stereocenters. The van der Waals surface area contributed by atoms with Gasteiger partial charge in [0.2, 0.25) is 0 Å². The lowest BCUT2D eigenvalue weighted by atomic mass is 9.85. The van der Waals surface area contributed by atoms with Crippen molar-refractivity contribution in [2.45, 2.75) is 38.5 Å². The molecular formula is C11H23NO3S. The Morgan fingerprint density at radius 3 is 2.75 bits per heavy atom. The first-order chi connectivity index (χ1) is 7.72. The van der Waals surface area contributed by atoms with Crippen LogP contribution in [0.3, 0.4) is 0 Å². The Balaban J connectivity index is 2.17. The highest BCUT2D eigenvalue weighted by Crippen LogP contribution is 2.26. The summed E-state index contributed by atoms with van der Waals surface area (Å²) in [5, 5.41) is 3.38. The molecule has 0 spiro atoms. The minimum absolute atomic E-state index is 0.148. The van der Waals surface area contributed by atoms with Gasteiger partial charge in [-0.25, -0.2) is 0 Å². The largest absolute Gasteiger partial charge is 0.377 e. The second kappa shape index (κ2) is 7.37. The fraction of sp³-hybridized carbons (Fsp3) is 1.00. The van der Waals surface area contributed by atoms with Gasteiger partial charge in [0.25, 0.3) is 0 Å².